The molecule has 0 spiro atoms. The Bertz CT molecular complexity index is 415. The normalized spacial score (nSPS) is 23.0. The Morgan fingerprint density at radius 3 is 2.13 bits per heavy atom. The Hall–Kier alpha value is 0.861. The van der Waals surface area contributed by atoms with Crippen LogP contribution in [0.15, 0.2) is 23.9 Å². The van der Waals surface area contributed by atoms with Gasteiger partial charge in [0.15, 0.2) is 0 Å². The van der Waals surface area contributed by atoms with Gasteiger partial charge >= 0.3 is 0 Å². The van der Waals surface area contributed by atoms with Crippen LogP contribution in [0.2, 0.25) is 45.3 Å². The van der Waals surface area contributed by atoms with Crippen LogP contribution in [0.25, 0.3) is 0 Å². The van der Waals surface area contributed by atoms with Gasteiger partial charge in [0.2, 0.25) is 0 Å². The first-order chi connectivity index (χ1) is 10.5. The molecule has 0 unspecified atom stereocenters. The molecular formula is C19H39ISi3. The summed E-state index contributed by atoms with van der Waals surface area (Å²) < 4.78 is 1.31. The summed E-state index contributed by atoms with van der Waals surface area (Å²) in [5.74, 6) is 1.74. The van der Waals surface area contributed by atoms with Crippen molar-refractivity contribution in [2.75, 3.05) is 4.43 Å². The molecule has 0 fully saturated rings. The van der Waals surface area contributed by atoms with Crippen molar-refractivity contribution in [3.8, 4) is 0 Å². The van der Waals surface area contributed by atoms with Crippen molar-refractivity contribution >= 4 is 44.9 Å². The van der Waals surface area contributed by atoms with Crippen molar-refractivity contribution in [2.45, 2.75) is 77.9 Å². The van der Waals surface area contributed by atoms with Crippen LogP contribution in [0.1, 0.15) is 32.6 Å². The van der Waals surface area contributed by atoms with Crippen LogP contribution < -0.4 is 0 Å². The maximum absolute atomic E-state index is 4.40. The van der Waals surface area contributed by atoms with Crippen LogP contribution in [0.4, 0.5) is 0 Å². The number of alkyl halides is 1. The minimum atomic E-state index is -1.30. The molecule has 0 aromatic rings. The monoisotopic (exact) mass is 478 g/mol. The maximum Gasteiger partial charge on any atom is 0.0638 e. The molecule has 23 heavy (non-hydrogen) atoms. The van der Waals surface area contributed by atoms with E-state index in [0.29, 0.717) is 0 Å². The number of rotatable bonds is 9. The first-order valence-corrected chi connectivity index (χ1v) is 22.2. The van der Waals surface area contributed by atoms with Crippen LogP contribution in [0.5, 0.6) is 0 Å². The third-order valence-corrected chi connectivity index (χ3v) is 46.5. The largest absolute Gasteiger partial charge is 0.107 e. The first kappa shape index (κ1) is 21.9. The van der Waals surface area contributed by atoms with Crippen molar-refractivity contribution in [1.29, 1.82) is 0 Å². The zero-order valence-electron chi connectivity index (χ0n) is 16.6. The molecule has 0 aliphatic heterocycles. The summed E-state index contributed by atoms with van der Waals surface area (Å²) in [6.45, 7) is 22.5. The van der Waals surface area contributed by atoms with Gasteiger partial charge in [0, 0.05) is 15.2 Å². The van der Waals surface area contributed by atoms with E-state index >= 15 is 0 Å². The van der Waals surface area contributed by atoms with Gasteiger partial charge in [0.05, 0.1) is 7.11 Å². The summed E-state index contributed by atoms with van der Waals surface area (Å²) in [7, 11) is -3.59. The van der Waals surface area contributed by atoms with E-state index in [9.17, 15) is 0 Å². The van der Waals surface area contributed by atoms with Crippen molar-refractivity contribution < 1.29 is 0 Å². The summed E-state index contributed by atoms with van der Waals surface area (Å²) in [6.07, 6.45) is 8.27. The van der Waals surface area contributed by atoms with Crippen molar-refractivity contribution in [3.63, 3.8) is 0 Å². The second kappa shape index (κ2) is 8.50. The predicted octanol–water partition coefficient (Wildman–Crippen LogP) is 7.18. The molecule has 0 bridgehead atoms. The molecule has 0 saturated heterocycles. The van der Waals surface area contributed by atoms with Crippen LogP contribution in [-0.4, -0.2) is 26.7 Å². The lowest BCUT2D eigenvalue weighted by molar-refractivity contribution is 0.475. The summed E-state index contributed by atoms with van der Waals surface area (Å²) in [5, 5.41) is 0. The Morgan fingerprint density at radius 2 is 1.70 bits per heavy atom. The van der Waals surface area contributed by atoms with E-state index in [-0.39, 0.29) is 0 Å². The molecule has 134 valence electrons. The lowest BCUT2D eigenvalue weighted by Crippen LogP contribution is -2.70. The molecule has 0 N–H and O–H groups in total. The van der Waals surface area contributed by atoms with Gasteiger partial charge < -0.3 is 0 Å². The summed E-state index contributed by atoms with van der Waals surface area (Å²) in [5.41, 5.74) is 4.23. The van der Waals surface area contributed by atoms with Gasteiger partial charge in [-0.15, -0.1) is 12.3 Å². The molecule has 0 aromatic carbocycles. The van der Waals surface area contributed by atoms with Crippen molar-refractivity contribution in [2.24, 2.45) is 11.8 Å². The average Bonchev–Trinajstić information content (AvgIpc) is 2.75. The highest BCUT2D eigenvalue weighted by atomic mass is 127. The Morgan fingerprint density at radius 1 is 1.13 bits per heavy atom. The zero-order chi connectivity index (χ0) is 17.9. The maximum atomic E-state index is 4.40. The molecule has 0 saturated carbocycles. The smallest absolute Gasteiger partial charge is 0.0638 e. The highest BCUT2D eigenvalue weighted by molar-refractivity contribution is 14.1. The summed E-state index contributed by atoms with van der Waals surface area (Å²) in [4.78, 5) is 0. The predicted molar refractivity (Wildman–Crippen MR) is 126 cm³/mol. The fraction of sp³-hybridized carbons (Fsp3) is 0.789. The fourth-order valence-electron chi connectivity index (χ4n) is 5.00. The highest BCUT2D eigenvalue weighted by Gasteiger charge is 2.52. The van der Waals surface area contributed by atoms with Gasteiger partial charge in [-0.2, -0.15) is 0 Å². The molecule has 0 radical (unpaired) electrons. The number of hydrogen-bond donors (Lipinski definition) is 0. The Kier molecular flexibility index (Phi) is 8.09. The van der Waals surface area contributed by atoms with Crippen LogP contribution in [-0.2, 0) is 0 Å². The average molecular weight is 479 g/mol. The first-order valence-electron chi connectivity index (χ1n) is 9.36. The van der Waals surface area contributed by atoms with E-state index in [0.717, 1.165) is 11.8 Å². The van der Waals surface area contributed by atoms with Crippen LogP contribution >= 0.6 is 22.6 Å². The standard InChI is InChI=1S/C19H39ISi3/c1-9-23(21(3,4)5,22(6,7)8)14-12-19-16-18(11-10-13-20)15-17(19)2/h9,15,18-19H,1,10-14,16H2,2-8H3/t18-,19+/m0/s1. The second-order valence-electron chi connectivity index (χ2n) is 9.65. The SMILES string of the molecule is C=C[Si](CC[C@@H]1C[C@@H](CCCI)C=C1C)([Si](C)(C)C)[Si](C)(C)C. The van der Waals surface area contributed by atoms with Crippen molar-refractivity contribution in [1.82, 2.24) is 0 Å². The quantitative estimate of drug-likeness (QED) is 0.142. The molecule has 4 heteroatoms. The summed E-state index contributed by atoms with van der Waals surface area (Å²) in [6, 6.07) is 1.51. The highest BCUT2D eigenvalue weighted by Crippen LogP contribution is 2.41. The van der Waals surface area contributed by atoms with Crippen LogP contribution in [0.3, 0.4) is 0 Å². The number of allylic oxidation sites excluding steroid dienone is 2. The minimum absolute atomic E-state index is 0.869. The van der Waals surface area contributed by atoms with Crippen molar-refractivity contribution in [3.05, 3.63) is 23.9 Å². The zero-order valence-corrected chi connectivity index (χ0v) is 21.8. The van der Waals surface area contributed by atoms with E-state index in [1.54, 1.807) is 5.57 Å². The third-order valence-electron chi connectivity index (χ3n) is 6.35. The van der Waals surface area contributed by atoms with Gasteiger partial charge in [0.1, 0.15) is 0 Å². The topological polar surface area (TPSA) is 0 Å². The second-order valence-corrected chi connectivity index (χ2v) is 38.4. The molecule has 1 aliphatic carbocycles. The van der Waals surface area contributed by atoms with E-state index < -0.39 is 22.3 Å². The van der Waals surface area contributed by atoms with Gasteiger partial charge in [-0.3, -0.25) is 0 Å². The van der Waals surface area contributed by atoms with Gasteiger partial charge in [-0.25, -0.2) is 0 Å². The summed E-state index contributed by atoms with van der Waals surface area (Å²) >= 11 is 2.52. The van der Waals surface area contributed by atoms with Crippen LogP contribution in [0, 0.1) is 11.8 Å². The molecule has 0 nitrogen and oxygen atoms in total. The van der Waals surface area contributed by atoms with Gasteiger partial charge in [-0.05, 0) is 48.9 Å². The molecule has 0 amide bonds. The van der Waals surface area contributed by atoms with E-state index in [4.69, 9.17) is 0 Å². The lowest BCUT2D eigenvalue weighted by atomic mass is 9.95. The van der Waals surface area contributed by atoms with E-state index in [2.05, 4.69) is 87.2 Å². The van der Waals surface area contributed by atoms with Gasteiger partial charge in [-0.1, -0.05) is 79.6 Å². The fourth-order valence-corrected chi connectivity index (χ4v) is 47.5. The molecular weight excluding hydrogens is 439 g/mol. The lowest BCUT2D eigenvalue weighted by Gasteiger charge is -2.49. The Balaban J connectivity index is 2.82. The molecule has 1 aliphatic rings. The molecule has 1 rings (SSSR count). The van der Waals surface area contributed by atoms with E-state index in [1.165, 1.54) is 36.2 Å². The Labute approximate surface area is 162 Å². The number of hydrogen-bond acceptors (Lipinski definition) is 0. The number of halogens is 1. The van der Waals surface area contributed by atoms with E-state index in [1.807, 2.05) is 0 Å². The molecule has 2 atom stereocenters. The molecule has 0 heterocycles. The minimum Gasteiger partial charge on any atom is -0.107 e. The molecule has 0 aromatic heterocycles. The third kappa shape index (κ3) is 5.17. The van der Waals surface area contributed by atoms with Gasteiger partial charge in [0.25, 0.3) is 0 Å².